The third-order valence-electron chi connectivity index (χ3n) is 3.72. The number of esters is 1. The van der Waals surface area contributed by atoms with Crippen LogP contribution >= 0.6 is 0 Å². The first-order chi connectivity index (χ1) is 12.6. The van der Waals surface area contributed by atoms with E-state index in [0.717, 1.165) is 11.1 Å². The van der Waals surface area contributed by atoms with E-state index in [1.807, 2.05) is 6.07 Å². The highest BCUT2D eigenvalue weighted by atomic mass is 19.4. The Bertz CT molecular complexity index is 899. The second-order valence-electron chi connectivity index (χ2n) is 5.86. The second kappa shape index (κ2) is 8.07. The fraction of sp³-hybridized carbons (Fsp3) is 0.278. The van der Waals surface area contributed by atoms with Crippen LogP contribution in [0.3, 0.4) is 0 Å². The average Bonchev–Trinajstić information content (AvgIpc) is 2.57. The molecule has 0 bridgehead atoms. The summed E-state index contributed by atoms with van der Waals surface area (Å²) in [5, 5.41) is 2.60. The van der Waals surface area contributed by atoms with Gasteiger partial charge in [-0.1, -0.05) is 18.2 Å². The average molecular weight is 382 g/mol. The molecule has 0 unspecified atom stereocenters. The van der Waals surface area contributed by atoms with E-state index in [1.165, 1.54) is 0 Å². The number of ether oxygens (including phenoxy) is 1. The van der Waals surface area contributed by atoms with Gasteiger partial charge < -0.3 is 14.6 Å². The summed E-state index contributed by atoms with van der Waals surface area (Å²) in [7, 11) is 0. The lowest BCUT2D eigenvalue weighted by atomic mass is 10.1. The van der Waals surface area contributed by atoms with Gasteiger partial charge in [-0.25, -0.2) is 0 Å². The summed E-state index contributed by atoms with van der Waals surface area (Å²) in [4.78, 5) is 35.3. The molecule has 27 heavy (non-hydrogen) atoms. The Morgan fingerprint density at radius 2 is 1.74 bits per heavy atom. The van der Waals surface area contributed by atoms with E-state index in [2.05, 4.69) is 5.32 Å². The molecule has 0 saturated carbocycles. The van der Waals surface area contributed by atoms with E-state index >= 15 is 0 Å². The SMILES string of the molecule is Cc1cccc(C)c1NC(=O)COC(=O)Cn1cc(C(F)(F)F)ccc1=O. The van der Waals surface area contributed by atoms with Crippen molar-refractivity contribution in [3.05, 3.63) is 63.6 Å². The Kier molecular flexibility index (Phi) is 6.04. The van der Waals surface area contributed by atoms with Gasteiger partial charge >= 0.3 is 12.1 Å². The summed E-state index contributed by atoms with van der Waals surface area (Å²) in [5.41, 5.74) is 0.380. The number of para-hydroxylation sites is 1. The molecule has 0 spiro atoms. The van der Waals surface area contributed by atoms with Crippen molar-refractivity contribution in [3.8, 4) is 0 Å². The number of alkyl halides is 3. The zero-order valence-electron chi connectivity index (χ0n) is 14.6. The summed E-state index contributed by atoms with van der Waals surface area (Å²) >= 11 is 0. The summed E-state index contributed by atoms with van der Waals surface area (Å²) in [6.45, 7) is 2.24. The molecular formula is C18H17F3N2O4. The van der Waals surface area contributed by atoms with Gasteiger partial charge in [0.25, 0.3) is 11.5 Å². The number of carbonyl (C=O) groups excluding carboxylic acids is 2. The van der Waals surface area contributed by atoms with Gasteiger partial charge in [-0.3, -0.25) is 14.4 Å². The first kappa shape index (κ1) is 20.2. The molecule has 0 aliphatic heterocycles. The standard InChI is InChI=1S/C18H17F3N2O4/c1-11-4-3-5-12(2)17(11)22-14(24)10-27-16(26)9-23-8-13(18(19,20)21)6-7-15(23)25/h3-8H,9-10H2,1-2H3,(H,22,24). The molecule has 2 aromatic rings. The van der Waals surface area contributed by atoms with Gasteiger partial charge in [0.05, 0.1) is 5.56 Å². The van der Waals surface area contributed by atoms with Crippen LogP contribution in [0, 0.1) is 13.8 Å². The van der Waals surface area contributed by atoms with Crippen LogP contribution in [0.4, 0.5) is 18.9 Å². The van der Waals surface area contributed by atoms with Crippen LogP contribution < -0.4 is 10.9 Å². The molecule has 0 atom stereocenters. The Labute approximate surface area is 152 Å². The molecular weight excluding hydrogens is 365 g/mol. The lowest BCUT2D eigenvalue weighted by Crippen LogP contribution is -2.28. The third kappa shape index (κ3) is 5.44. The number of nitrogens with one attached hydrogen (secondary N) is 1. The van der Waals surface area contributed by atoms with Gasteiger partial charge in [0.15, 0.2) is 6.61 Å². The van der Waals surface area contributed by atoms with Crippen molar-refractivity contribution in [1.29, 1.82) is 0 Å². The number of hydrogen-bond acceptors (Lipinski definition) is 4. The minimum Gasteiger partial charge on any atom is -0.454 e. The summed E-state index contributed by atoms with van der Waals surface area (Å²) < 4.78 is 43.4. The van der Waals surface area contributed by atoms with Crippen molar-refractivity contribution in [1.82, 2.24) is 4.57 Å². The van der Waals surface area contributed by atoms with Crippen molar-refractivity contribution in [2.75, 3.05) is 11.9 Å². The smallest absolute Gasteiger partial charge is 0.417 e. The number of amides is 1. The first-order valence-electron chi connectivity index (χ1n) is 7.87. The lowest BCUT2D eigenvalue weighted by Gasteiger charge is -2.12. The number of nitrogens with zero attached hydrogens (tertiary/aromatic N) is 1. The molecule has 0 aliphatic rings. The maximum atomic E-state index is 12.7. The Morgan fingerprint density at radius 1 is 1.11 bits per heavy atom. The fourth-order valence-corrected chi connectivity index (χ4v) is 2.34. The highest BCUT2D eigenvalue weighted by molar-refractivity contribution is 5.94. The lowest BCUT2D eigenvalue weighted by molar-refractivity contribution is -0.148. The van der Waals surface area contributed by atoms with Crippen LogP contribution in [-0.4, -0.2) is 23.1 Å². The minimum atomic E-state index is -4.65. The number of benzene rings is 1. The van der Waals surface area contributed by atoms with Gasteiger partial charge in [0.1, 0.15) is 6.54 Å². The van der Waals surface area contributed by atoms with Gasteiger partial charge in [-0.15, -0.1) is 0 Å². The number of halogens is 3. The normalized spacial score (nSPS) is 11.1. The Morgan fingerprint density at radius 3 is 2.33 bits per heavy atom. The van der Waals surface area contributed by atoms with Crippen LogP contribution in [0.15, 0.2) is 41.3 Å². The van der Waals surface area contributed by atoms with E-state index in [0.29, 0.717) is 28.6 Å². The number of hydrogen-bond donors (Lipinski definition) is 1. The van der Waals surface area contributed by atoms with E-state index in [9.17, 15) is 27.6 Å². The zero-order chi connectivity index (χ0) is 20.2. The molecule has 1 heterocycles. The van der Waals surface area contributed by atoms with Gasteiger partial charge in [0.2, 0.25) is 0 Å². The molecule has 9 heteroatoms. The summed E-state index contributed by atoms with van der Waals surface area (Å²) in [6, 6.07) is 6.77. The third-order valence-corrected chi connectivity index (χ3v) is 3.72. The summed E-state index contributed by atoms with van der Waals surface area (Å²) in [6.07, 6.45) is -4.12. The van der Waals surface area contributed by atoms with Crippen molar-refractivity contribution in [2.45, 2.75) is 26.6 Å². The number of aromatic nitrogens is 1. The Hall–Kier alpha value is -3.10. The van der Waals surface area contributed by atoms with Crippen molar-refractivity contribution in [2.24, 2.45) is 0 Å². The predicted octanol–water partition coefficient (Wildman–Crippen LogP) is 2.67. The van der Waals surface area contributed by atoms with E-state index in [-0.39, 0.29) is 0 Å². The first-order valence-corrected chi connectivity index (χ1v) is 7.87. The van der Waals surface area contributed by atoms with Crippen LogP contribution in [0.5, 0.6) is 0 Å². The van der Waals surface area contributed by atoms with Crippen LogP contribution in [-0.2, 0) is 27.0 Å². The highest BCUT2D eigenvalue weighted by Crippen LogP contribution is 2.28. The van der Waals surface area contributed by atoms with Gasteiger partial charge in [0, 0.05) is 18.0 Å². The molecule has 1 aromatic carbocycles. The number of rotatable bonds is 5. The number of carbonyl (C=O) groups is 2. The topological polar surface area (TPSA) is 77.4 Å². The van der Waals surface area contributed by atoms with Crippen molar-refractivity contribution in [3.63, 3.8) is 0 Å². The predicted molar refractivity (Wildman–Crippen MR) is 91.2 cm³/mol. The number of pyridine rings is 1. The largest absolute Gasteiger partial charge is 0.454 e. The van der Waals surface area contributed by atoms with Gasteiger partial charge in [-0.2, -0.15) is 13.2 Å². The summed E-state index contributed by atoms with van der Waals surface area (Å²) in [5.74, 6) is -1.61. The second-order valence-corrected chi connectivity index (χ2v) is 5.86. The van der Waals surface area contributed by atoms with Crippen LogP contribution in [0.2, 0.25) is 0 Å². The molecule has 0 fully saturated rings. The molecule has 144 valence electrons. The minimum absolute atomic E-state index is 0.528. The Balaban J connectivity index is 1.97. The molecule has 1 N–H and O–H groups in total. The number of aryl methyl sites for hydroxylation is 2. The molecule has 1 amide bonds. The monoisotopic (exact) mass is 382 g/mol. The van der Waals surface area contributed by atoms with Gasteiger partial charge in [-0.05, 0) is 31.0 Å². The molecule has 0 aliphatic carbocycles. The molecule has 0 radical (unpaired) electrons. The molecule has 0 saturated heterocycles. The maximum absolute atomic E-state index is 12.7. The van der Waals surface area contributed by atoms with E-state index in [1.54, 1.807) is 26.0 Å². The molecule has 6 nitrogen and oxygen atoms in total. The molecule has 1 aromatic heterocycles. The number of anilines is 1. The quantitative estimate of drug-likeness (QED) is 0.807. The van der Waals surface area contributed by atoms with E-state index in [4.69, 9.17) is 4.74 Å². The fourth-order valence-electron chi connectivity index (χ4n) is 2.34. The van der Waals surface area contributed by atoms with Crippen LogP contribution in [0.1, 0.15) is 16.7 Å². The zero-order valence-corrected chi connectivity index (χ0v) is 14.6. The molecule has 2 rings (SSSR count). The maximum Gasteiger partial charge on any atom is 0.417 e. The van der Waals surface area contributed by atoms with Crippen molar-refractivity contribution < 1.29 is 27.5 Å². The van der Waals surface area contributed by atoms with Crippen LogP contribution in [0.25, 0.3) is 0 Å². The highest BCUT2D eigenvalue weighted by Gasteiger charge is 2.31. The van der Waals surface area contributed by atoms with Crippen molar-refractivity contribution >= 4 is 17.6 Å². The van der Waals surface area contributed by atoms with E-state index < -0.39 is 42.3 Å².